The summed E-state index contributed by atoms with van der Waals surface area (Å²) in [7, 11) is 0. The molecule has 1 fully saturated rings. The van der Waals surface area contributed by atoms with Gasteiger partial charge in [0, 0.05) is 18.6 Å². The molecule has 2 rings (SSSR count). The molecule has 1 N–H and O–H groups in total. The van der Waals surface area contributed by atoms with E-state index in [-0.39, 0.29) is 0 Å². The molecule has 1 aromatic carbocycles. The number of rotatable bonds is 6. The van der Waals surface area contributed by atoms with E-state index in [0.29, 0.717) is 11.5 Å². The SMILES string of the molecule is CC(C)CNCc1ccccc1CN1CCCC1(C)C. The van der Waals surface area contributed by atoms with Crippen LogP contribution in [0.4, 0.5) is 0 Å². The molecule has 20 heavy (non-hydrogen) atoms. The van der Waals surface area contributed by atoms with Crippen LogP contribution in [-0.4, -0.2) is 23.5 Å². The second-order valence-corrected chi connectivity index (χ2v) is 7.13. The average Bonchev–Trinajstić information content (AvgIpc) is 2.70. The Morgan fingerprint density at radius 3 is 2.50 bits per heavy atom. The molecular formula is C18H30N2. The highest BCUT2D eigenvalue weighted by Crippen LogP contribution is 2.30. The molecule has 2 nitrogen and oxygen atoms in total. The molecule has 2 heteroatoms. The maximum absolute atomic E-state index is 3.57. The number of likely N-dealkylation sites (tertiary alicyclic amines) is 1. The molecule has 1 aliphatic heterocycles. The molecule has 0 spiro atoms. The van der Waals surface area contributed by atoms with Crippen molar-refractivity contribution in [3.8, 4) is 0 Å². The Hall–Kier alpha value is -0.860. The summed E-state index contributed by atoms with van der Waals surface area (Å²) in [5, 5.41) is 3.57. The lowest BCUT2D eigenvalue weighted by molar-refractivity contribution is 0.166. The molecule has 0 aliphatic carbocycles. The van der Waals surface area contributed by atoms with Crippen molar-refractivity contribution in [3.63, 3.8) is 0 Å². The fraction of sp³-hybridized carbons (Fsp3) is 0.667. The molecule has 1 saturated heterocycles. The minimum atomic E-state index is 0.360. The Morgan fingerprint density at radius 1 is 1.20 bits per heavy atom. The molecule has 0 atom stereocenters. The Bertz CT molecular complexity index is 423. The fourth-order valence-corrected chi connectivity index (χ4v) is 3.04. The van der Waals surface area contributed by atoms with E-state index in [0.717, 1.165) is 19.6 Å². The fourth-order valence-electron chi connectivity index (χ4n) is 3.04. The van der Waals surface area contributed by atoms with Gasteiger partial charge in [0.15, 0.2) is 0 Å². The molecule has 112 valence electrons. The van der Waals surface area contributed by atoms with Crippen LogP contribution in [0.25, 0.3) is 0 Å². The quantitative estimate of drug-likeness (QED) is 0.848. The van der Waals surface area contributed by atoms with Crippen molar-refractivity contribution in [1.82, 2.24) is 10.2 Å². The van der Waals surface area contributed by atoms with Gasteiger partial charge in [-0.3, -0.25) is 4.90 Å². The summed E-state index contributed by atoms with van der Waals surface area (Å²) in [5.41, 5.74) is 3.30. The molecular weight excluding hydrogens is 244 g/mol. The van der Waals surface area contributed by atoms with E-state index in [9.17, 15) is 0 Å². The molecule has 1 aromatic rings. The van der Waals surface area contributed by atoms with Crippen molar-refractivity contribution >= 4 is 0 Å². The molecule has 0 saturated carbocycles. The van der Waals surface area contributed by atoms with Crippen LogP contribution in [0, 0.1) is 5.92 Å². The van der Waals surface area contributed by atoms with Gasteiger partial charge < -0.3 is 5.32 Å². The molecule has 0 unspecified atom stereocenters. The zero-order valence-corrected chi connectivity index (χ0v) is 13.6. The van der Waals surface area contributed by atoms with Gasteiger partial charge in [0.05, 0.1) is 0 Å². The van der Waals surface area contributed by atoms with Crippen molar-refractivity contribution in [2.45, 2.75) is 59.2 Å². The monoisotopic (exact) mass is 274 g/mol. The van der Waals surface area contributed by atoms with Gasteiger partial charge in [0.2, 0.25) is 0 Å². The zero-order chi connectivity index (χ0) is 14.6. The first-order valence-electron chi connectivity index (χ1n) is 8.01. The summed E-state index contributed by atoms with van der Waals surface area (Å²) < 4.78 is 0. The van der Waals surface area contributed by atoms with E-state index in [2.05, 4.69) is 62.2 Å². The lowest BCUT2D eigenvalue weighted by Gasteiger charge is -2.32. The van der Waals surface area contributed by atoms with Crippen molar-refractivity contribution in [2.75, 3.05) is 13.1 Å². The molecule has 0 bridgehead atoms. The van der Waals surface area contributed by atoms with E-state index in [4.69, 9.17) is 0 Å². The minimum absolute atomic E-state index is 0.360. The summed E-state index contributed by atoms with van der Waals surface area (Å²) in [4.78, 5) is 2.63. The zero-order valence-electron chi connectivity index (χ0n) is 13.6. The first-order valence-corrected chi connectivity index (χ1v) is 8.01. The van der Waals surface area contributed by atoms with Crippen LogP contribution in [0.15, 0.2) is 24.3 Å². The van der Waals surface area contributed by atoms with Gasteiger partial charge in [0.1, 0.15) is 0 Å². The first-order chi connectivity index (χ1) is 9.49. The molecule has 0 aromatic heterocycles. The van der Waals surface area contributed by atoms with Gasteiger partial charge in [-0.15, -0.1) is 0 Å². The largest absolute Gasteiger partial charge is 0.312 e. The third kappa shape index (κ3) is 4.07. The highest BCUT2D eigenvalue weighted by molar-refractivity contribution is 5.27. The molecule has 1 heterocycles. The van der Waals surface area contributed by atoms with Crippen LogP contribution in [0.2, 0.25) is 0 Å². The first kappa shape index (κ1) is 15.5. The number of nitrogens with zero attached hydrogens (tertiary/aromatic N) is 1. The van der Waals surface area contributed by atoms with Crippen LogP contribution < -0.4 is 5.32 Å². The van der Waals surface area contributed by atoms with Gasteiger partial charge in [-0.2, -0.15) is 0 Å². The Balaban J connectivity index is 2.00. The van der Waals surface area contributed by atoms with Gasteiger partial charge in [0.25, 0.3) is 0 Å². The third-order valence-corrected chi connectivity index (χ3v) is 4.42. The molecule has 0 amide bonds. The van der Waals surface area contributed by atoms with Gasteiger partial charge in [-0.05, 0) is 56.8 Å². The lowest BCUT2D eigenvalue weighted by atomic mass is 10.0. The minimum Gasteiger partial charge on any atom is -0.312 e. The van der Waals surface area contributed by atoms with Crippen molar-refractivity contribution in [3.05, 3.63) is 35.4 Å². The van der Waals surface area contributed by atoms with Crippen molar-refractivity contribution in [1.29, 1.82) is 0 Å². The second kappa shape index (κ2) is 6.73. The van der Waals surface area contributed by atoms with Crippen LogP contribution in [0.1, 0.15) is 51.7 Å². The summed E-state index contributed by atoms with van der Waals surface area (Å²) >= 11 is 0. The smallest absolute Gasteiger partial charge is 0.0242 e. The Morgan fingerprint density at radius 2 is 1.90 bits per heavy atom. The van der Waals surface area contributed by atoms with Crippen molar-refractivity contribution in [2.24, 2.45) is 5.92 Å². The maximum atomic E-state index is 3.57. The highest BCUT2D eigenvalue weighted by atomic mass is 15.2. The lowest BCUT2D eigenvalue weighted by Crippen LogP contribution is -2.37. The van der Waals surface area contributed by atoms with Gasteiger partial charge in [-0.1, -0.05) is 38.1 Å². The van der Waals surface area contributed by atoms with E-state index in [1.54, 1.807) is 0 Å². The maximum Gasteiger partial charge on any atom is 0.0242 e. The van der Waals surface area contributed by atoms with Crippen LogP contribution in [0.5, 0.6) is 0 Å². The summed E-state index contributed by atoms with van der Waals surface area (Å²) in [5.74, 6) is 0.708. The van der Waals surface area contributed by atoms with Crippen LogP contribution in [-0.2, 0) is 13.1 Å². The predicted octanol–water partition coefficient (Wildman–Crippen LogP) is 3.81. The summed E-state index contributed by atoms with van der Waals surface area (Å²) in [6, 6.07) is 8.89. The van der Waals surface area contributed by atoms with Gasteiger partial charge in [-0.25, -0.2) is 0 Å². The average molecular weight is 274 g/mol. The second-order valence-electron chi connectivity index (χ2n) is 7.13. The van der Waals surface area contributed by atoms with Crippen LogP contribution >= 0.6 is 0 Å². The Kier molecular flexibility index (Phi) is 5.22. The Labute approximate surface area is 124 Å². The predicted molar refractivity (Wildman–Crippen MR) is 86.7 cm³/mol. The van der Waals surface area contributed by atoms with E-state index < -0.39 is 0 Å². The number of nitrogens with one attached hydrogen (secondary N) is 1. The van der Waals surface area contributed by atoms with Gasteiger partial charge >= 0.3 is 0 Å². The normalized spacial score (nSPS) is 18.9. The van der Waals surface area contributed by atoms with Crippen LogP contribution in [0.3, 0.4) is 0 Å². The topological polar surface area (TPSA) is 15.3 Å². The van der Waals surface area contributed by atoms with Crippen molar-refractivity contribution < 1.29 is 0 Å². The van der Waals surface area contributed by atoms with E-state index in [1.807, 2.05) is 0 Å². The third-order valence-electron chi connectivity index (χ3n) is 4.42. The molecule has 1 aliphatic rings. The highest BCUT2D eigenvalue weighted by Gasteiger charge is 2.31. The number of hydrogen-bond acceptors (Lipinski definition) is 2. The number of benzene rings is 1. The summed E-state index contributed by atoms with van der Waals surface area (Å²) in [6.45, 7) is 13.7. The van der Waals surface area contributed by atoms with E-state index >= 15 is 0 Å². The molecule has 0 radical (unpaired) electrons. The van der Waals surface area contributed by atoms with E-state index in [1.165, 1.54) is 30.5 Å². The summed E-state index contributed by atoms with van der Waals surface area (Å²) in [6.07, 6.45) is 2.65. The standard InChI is InChI=1S/C18H30N2/c1-15(2)12-19-13-16-8-5-6-9-17(16)14-20-11-7-10-18(20,3)4/h5-6,8-9,15,19H,7,10-14H2,1-4H3. The number of hydrogen-bond donors (Lipinski definition) is 1.